The highest BCUT2D eigenvalue weighted by Gasteiger charge is 2.31. The number of aryl methyl sites for hydroxylation is 1. The number of hydrogen-bond donors (Lipinski definition) is 1. The van der Waals surface area contributed by atoms with Gasteiger partial charge in [0.05, 0.1) is 0 Å². The summed E-state index contributed by atoms with van der Waals surface area (Å²) >= 11 is 6.35. The van der Waals surface area contributed by atoms with Crippen molar-refractivity contribution in [2.45, 2.75) is 65.8 Å². The summed E-state index contributed by atoms with van der Waals surface area (Å²) < 4.78 is 0. The van der Waals surface area contributed by atoms with Crippen molar-refractivity contribution in [2.24, 2.45) is 11.3 Å². The Labute approximate surface area is 135 Å². The van der Waals surface area contributed by atoms with Crippen LogP contribution in [0.25, 0.3) is 0 Å². The molecule has 0 saturated heterocycles. The first kappa shape index (κ1) is 16.8. The molecule has 0 heterocycles. The average Bonchev–Trinajstić information content (AvgIpc) is 2.44. The molecule has 1 aromatic rings. The average molecular weight is 308 g/mol. The van der Waals surface area contributed by atoms with E-state index in [1.165, 1.54) is 43.2 Å². The molecule has 21 heavy (non-hydrogen) atoms. The molecule has 118 valence electrons. The Kier molecular flexibility index (Phi) is 5.73. The Hall–Kier alpha value is -0.530. The van der Waals surface area contributed by atoms with Crippen LogP contribution in [-0.2, 0) is 0 Å². The van der Waals surface area contributed by atoms with E-state index < -0.39 is 0 Å². The van der Waals surface area contributed by atoms with Crippen LogP contribution in [0, 0.1) is 18.3 Å². The van der Waals surface area contributed by atoms with Crippen LogP contribution in [0.4, 0.5) is 0 Å². The molecule has 0 bridgehead atoms. The van der Waals surface area contributed by atoms with Gasteiger partial charge < -0.3 is 5.32 Å². The van der Waals surface area contributed by atoms with Gasteiger partial charge in [0.25, 0.3) is 0 Å². The lowest BCUT2D eigenvalue weighted by Gasteiger charge is -2.38. The number of halogens is 1. The van der Waals surface area contributed by atoms with Gasteiger partial charge >= 0.3 is 0 Å². The van der Waals surface area contributed by atoms with Gasteiger partial charge in [-0.3, -0.25) is 0 Å². The zero-order valence-electron chi connectivity index (χ0n) is 14.0. The quantitative estimate of drug-likeness (QED) is 0.713. The molecule has 1 aromatic carbocycles. The van der Waals surface area contributed by atoms with Crippen LogP contribution >= 0.6 is 11.6 Å². The van der Waals surface area contributed by atoms with Gasteiger partial charge in [-0.05, 0) is 74.1 Å². The summed E-state index contributed by atoms with van der Waals surface area (Å²) in [5.74, 6) is 0.739. The number of nitrogens with one attached hydrogen (secondary N) is 1. The summed E-state index contributed by atoms with van der Waals surface area (Å²) in [5, 5.41) is 4.67. The van der Waals surface area contributed by atoms with Crippen molar-refractivity contribution in [1.82, 2.24) is 5.32 Å². The van der Waals surface area contributed by atoms with E-state index in [1.807, 2.05) is 0 Å². The molecule has 1 nitrogen and oxygen atoms in total. The third-order valence-electron chi connectivity index (χ3n) is 5.02. The molecule has 1 aliphatic carbocycles. The molecule has 1 N–H and O–H groups in total. The standard InChI is InChI=1S/C19H30ClN/c1-5-12-21-18(15-8-10-19(3,4)11-9-15)16-7-6-14(2)17(20)13-16/h6-7,13,15,18,21H,5,8-12H2,1-4H3. The number of hydrogen-bond acceptors (Lipinski definition) is 1. The second-order valence-corrected chi connectivity index (χ2v) is 7.85. The summed E-state index contributed by atoms with van der Waals surface area (Å²) in [4.78, 5) is 0. The molecule has 1 fully saturated rings. The van der Waals surface area contributed by atoms with Crippen LogP contribution in [0.15, 0.2) is 18.2 Å². The van der Waals surface area contributed by atoms with E-state index >= 15 is 0 Å². The zero-order chi connectivity index (χ0) is 15.5. The molecule has 0 spiro atoms. The Morgan fingerprint density at radius 2 is 1.95 bits per heavy atom. The first-order valence-corrected chi connectivity index (χ1v) is 8.80. The molecule has 1 aliphatic rings. The van der Waals surface area contributed by atoms with Crippen LogP contribution in [-0.4, -0.2) is 6.54 Å². The fraction of sp³-hybridized carbons (Fsp3) is 0.684. The van der Waals surface area contributed by atoms with E-state index in [4.69, 9.17) is 11.6 Å². The SMILES string of the molecule is CCCNC(c1ccc(C)c(Cl)c1)C1CCC(C)(C)CC1. The molecular formula is C19H30ClN. The molecule has 0 aromatic heterocycles. The van der Waals surface area contributed by atoms with E-state index in [0.717, 1.165) is 17.5 Å². The number of benzene rings is 1. The fourth-order valence-electron chi connectivity index (χ4n) is 3.41. The topological polar surface area (TPSA) is 12.0 Å². The third kappa shape index (κ3) is 4.47. The van der Waals surface area contributed by atoms with Crippen molar-refractivity contribution in [3.05, 3.63) is 34.3 Å². The Morgan fingerprint density at radius 1 is 1.29 bits per heavy atom. The van der Waals surface area contributed by atoms with Crippen LogP contribution in [0.2, 0.25) is 5.02 Å². The first-order valence-electron chi connectivity index (χ1n) is 8.42. The summed E-state index contributed by atoms with van der Waals surface area (Å²) in [5.41, 5.74) is 3.06. The normalized spacial score (nSPS) is 20.4. The highest BCUT2D eigenvalue weighted by Crippen LogP contribution is 2.43. The third-order valence-corrected chi connectivity index (χ3v) is 5.43. The lowest BCUT2D eigenvalue weighted by atomic mass is 9.70. The Bertz CT molecular complexity index is 457. The predicted octanol–water partition coefficient (Wildman–Crippen LogP) is 5.91. The van der Waals surface area contributed by atoms with Crippen molar-refractivity contribution < 1.29 is 0 Å². The molecule has 0 amide bonds. The lowest BCUT2D eigenvalue weighted by Crippen LogP contribution is -2.33. The second-order valence-electron chi connectivity index (χ2n) is 7.44. The summed E-state index contributed by atoms with van der Waals surface area (Å²) in [7, 11) is 0. The second kappa shape index (κ2) is 7.15. The van der Waals surface area contributed by atoms with E-state index in [0.29, 0.717) is 11.5 Å². The largest absolute Gasteiger partial charge is 0.310 e. The smallest absolute Gasteiger partial charge is 0.0438 e. The van der Waals surface area contributed by atoms with E-state index in [1.54, 1.807) is 0 Å². The maximum atomic E-state index is 6.35. The molecular weight excluding hydrogens is 278 g/mol. The van der Waals surface area contributed by atoms with Crippen LogP contribution in [0.1, 0.15) is 70.0 Å². The van der Waals surface area contributed by atoms with Crippen molar-refractivity contribution in [3.63, 3.8) is 0 Å². The maximum absolute atomic E-state index is 6.35. The van der Waals surface area contributed by atoms with Gasteiger partial charge in [0.1, 0.15) is 0 Å². The van der Waals surface area contributed by atoms with Gasteiger partial charge in [-0.15, -0.1) is 0 Å². The fourth-order valence-corrected chi connectivity index (χ4v) is 3.60. The predicted molar refractivity (Wildman–Crippen MR) is 93.0 cm³/mol. The van der Waals surface area contributed by atoms with Gasteiger partial charge in [0.2, 0.25) is 0 Å². The highest BCUT2D eigenvalue weighted by atomic mass is 35.5. The van der Waals surface area contributed by atoms with E-state index in [-0.39, 0.29) is 0 Å². The van der Waals surface area contributed by atoms with Gasteiger partial charge in [-0.25, -0.2) is 0 Å². The van der Waals surface area contributed by atoms with Gasteiger partial charge in [0, 0.05) is 11.1 Å². The summed E-state index contributed by atoms with van der Waals surface area (Å²) in [6.07, 6.45) is 6.48. The van der Waals surface area contributed by atoms with Gasteiger partial charge in [0.15, 0.2) is 0 Å². The molecule has 0 radical (unpaired) electrons. The summed E-state index contributed by atoms with van der Waals surface area (Å²) in [6.45, 7) is 10.2. The molecule has 1 atom stereocenters. The molecule has 2 rings (SSSR count). The minimum atomic E-state index is 0.458. The molecule has 1 saturated carbocycles. The maximum Gasteiger partial charge on any atom is 0.0438 e. The van der Waals surface area contributed by atoms with Crippen LogP contribution in [0.3, 0.4) is 0 Å². The number of rotatable bonds is 5. The Morgan fingerprint density at radius 3 is 2.52 bits per heavy atom. The van der Waals surface area contributed by atoms with Crippen molar-refractivity contribution in [3.8, 4) is 0 Å². The van der Waals surface area contributed by atoms with Crippen molar-refractivity contribution >= 4 is 11.6 Å². The Balaban J connectivity index is 2.16. The minimum absolute atomic E-state index is 0.458. The molecule has 1 unspecified atom stereocenters. The molecule has 2 heteroatoms. The lowest BCUT2D eigenvalue weighted by molar-refractivity contribution is 0.161. The van der Waals surface area contributed by atoms with Crippen LogP contribution < -0.4 is 5.32 Å². The minimum Gasteiger partial charge on any atom is -0.310 e. The first-order chi connectivity index (χ1) is 9.93. The highest BCUT2D eigenvalue weighted by molar-refractivity contribution is 6.31. The van der Waals surface area contributed by atoms with Gasteiger partial charge in [-0.1, -0.05) is 44.5 Å². The van der Waals surface area contributed by atoms with Gasteiger partial charge in [-0.2, -0.15) is 0 Å². The van der Waals surface area contributed by atoms with Crippen LogP contribution in [0.5, 0.6) is 0 Å². The van der Waals surface area contributed by atoms with Crippen molar-refractivity contribution in [2.75, 3.05) is 6.54 Å². The van der Waals surface area contributed by atoms with E-state index in [2.05, 4.69) is 51.2 Å². The van der Waals surface area contributed by atoms with Crippen molar-refractivity contribution in [1.29, 1.82) is 0 Å². The van der Waals surface area contributed by atoms with E-state index in [9.17, 15) is 0 Å². The summed E-state index contributed by atoms with van der Waals surface area (Å²) in [6, 6.07) is 7.04. The monoisotopic (exact) mass is 307 g/mol. The zero-order valence-corrected chi connectivity index (χ0v) is 14.8. The molecule has 0 aliphatic heterocycles.